The third kappa shape index (κ3) is 3.90. The minimum atomic E-state index is -6.50. The molecule has 27 heavy (non-hydrogen) atoms. The first-order valence-corrected chi connectivity index (χ1v) is 8.00. The number of benzene rings is 2. The number of thioether (sulfide) groups is 1. The summed E-state index contributed by atoms with van der Waals surface area (Å²) in [7, 11) is 0. The van der Waals surface area contributed by atoms with Gasteiger partial charge < -0.3 is 0 Å². The molecule has 0 saturated carbocycles. The molecule has 147 valence electrons. The molecular weight excluding hydrogens is 407 g/mol. The largest absolute Gasteiger partial charge is 0.460 e. The normalized spacial score (nSPS) is 13.1. The quantitative estimate of drug-likeness (QED) is 0.384. The van der Waals surface area contributed by atoms with Crippen molar-refractivity contribution in [3.8, 4) is 11.1 Å². The molecule has 1 radical (unpaired) electrons. The van der Waals surface area contributed by atoms with Gasteiger partial charge in [-0.2, -0.15) is 30.7 Å². The monoisotopic (exact) mass is 417 g/mol. The van der Waals surface area contributed by atoms with E-state index in [0.717, 1.165) is 24.3 Å². The van der Waals surface area contributed by atoms with Crippen molar-refractivity contribution in [3.63, 3.8) is 0 Å². The molecule has 2 aromatic rings. The van der Waals surface area contributed by atoms with Gasteiger partial charge in [-0.05, 0) is 54.9 Å². The van der Waals surface area contributed by atoms with Crippen molar-refractivity contribution >= 4 is 11.8 Å². The zero-order chi connectivity index (χ0) is 20.8. The first-order valence-electron chi connectivity index (χ1n) is 7.18. The second-order valence-electron chi connectivity index (χ2n) is 5.61. The van der Waals surface area contributed by atoms with Gasteiger partial charge in [-0.3, -0.25) is 0 Å². The highest BCUT2D eigenvalue weighted by molar-refractivity contribution is 8.00. The summed E-state index contributed by atoms with van der Waals surface area (Å²) in [6.07, 6.45) is -6.50. The Morgan fingerprint density at radius 1 is 0.926 bits per heavy atom. The van der Waals surface area contributed by atoms with Crippen molar-refractivity contribution in [1.82, 2.24) is 0 Å². The van der Waals surface area contributed by atoms with Crippen molar-refractivity contribution < 1.29 is 39.5 Å². The standard InChI is InChI=1S/C17H10F9S/c1-8-6-9(2)13(10-4-3-5-11(18)14(10)19)12(7-8)27-17(25,26)15(20,21)16(22,23)24/h3-5,7H,1-2H3. The first kappa shape index (κ1) is 21.5. The first-order chi connectivity index (χ1) is 12.2. The second-order valence-corrected chi connectivity index (χ2v) is 6.77. The van der Waals surface area contributed by atoms with Gasteiger partial charge >= 0.3 is 17.4 Å². The van der Waals surface area contributed by atoms with Crippen LogP contribution in [-0.2, 0) is 0 Å². The maximum atomic E-state index is 14.1. The van der Waals surface area contributed by atoms with Crippen molar-refractivity contribution in [1.29, 1.82) is 0 Å². The molecule has 2 aromatic carbocycles. The van der Waals surface area contributed by atoms with Crippen LogP contribution in [0.4, 0.5) is 39.5 Å². The van der Waals surface area contributed by atoms with E-state index >= 15 is 0 Å². The lowest BCUT2D eigenvalue weighted by molar-refractivity contribution is -0.330. The Bertz CT molecular complexity index is 856. The van der Waals surface area contributed by atoms with E-state index in [2.05, 4.69) is 6.07 Å². The Hall–Kier alpha value is -1.84. The maximum absolute atomic E-state index is 14.1. The summed E-state index contributed by atoms with van der Waals surface area (Å²) in [5.74, 6) is -9.13. The Balaban J connectivity index is 2.67. The number of hydrogen-bond acceptors (Lipinski definition) is 1. The Morgan fingerprint density at radius 2 is 1.52 bits per heavy atom. The molecule has 0 aliphatic carbocycles. The van der Waals surface area contributed by atoms with Crippen molar-refractivity contribution in [2.45, 2.75) is 36.1 Å². The number of alkyl halides is 7. The molecule has 0 atom stereocenters. The van der Waals surface area contributed by atoms with E-state index in [-0.39, 0.29) is 11.1 Å². The zero-order valence-corrected chi connectivity index (χ0v) is 14.4. The molecule has 10 heteroatoms. The number of hydrogen-bond donors (Lipinski definition) is 0. The average molecular weight is 417 g/mol. The zero-order valence-electron chi connectivity index (χ0n) is 13.6. The Morgan fingerprint density at radius 3 is 2.07 bits per heavy atom. The molecular formula is C17H10F9S. The van der Waals surface area contributed by atoms with E-state index in [1.165, 1.54) is 13.8 Å². The van der Waals surface area contributed by atoms with Gasteiger partial charge in [0.25, 0.3) is 0 Å². The summed E-state index contributed by atoms with van der Waals surface area (Å²) in [6, 6.07) is 6.26. The van der Waals surface area contributed by atoms with Crippen LogP contribution in [-0.4, -0.2) is 17.4 Å². The maximum Gasteiger partial charge on any atom is 0.460 e. The number of rotatable bonds is 4. The lowest BCUT2D eigenvalue weighted by atomic mass is 9.98. The summed E-state index contributed by atoms with van der Waals surface area (Å²) in [5.41, 5.74) is -0.882. The predicted octanol–water partition coefficient (Wildman–Crippen LogP) is 6.93. The van der Waals surface area contributed by atoms with E-state index < -0.39 is 56.8 Å². The van der Waals surface area contributed by atoms with Crippen LogP contribution in [0.15, 0.2) is 29.2 Å². The number of aryl methyl sites for hydroxylation is 2. The van der Waals surface area contributed by atoms with Crippen LogP contribution < -0.4 is 0 Å². The van der Waals surface area contributed by atoms with Crippen molar-refractivity contribution in [2.24, 2.45) is 0 Å². The summed E-state index contributed by atoms with van der Waals surface area (Å²) >= 11 is -1.07. The fourth-order valence-corrected chi connectivity index (χ4v) is 3.45. The second kappa shape index (κ2) is 6.96. The highest BCUT2D eigenvalue weighted by Crippen LogP contribution is 2.55. The minimum Gasteiger partial charge on any atom is -0.204 e. The van der Waals surface area contributed by atoms with E-state index in [0.29, 0.717) is 0 Å². The van der Waals surface area contributed by atoms with Gasteiger partial charge in [0.1, 0.15) is 0 Å². The van der Waals surface area contributed by atoms with Crippen LogP contribution in [0.2, 0.25) is 0 Å². The molecule has 0 spiro atoms. The van der Waals surface area contributed by atoms with Crippen LogP contribution >= 0.6 is 11.8 Å². The predicted molar refractivity (Wildman–Crippen MR) is 81.9 cm³/mol. The van der Waals surface area contributed by atoms with Crippen LogP contribution in [0.25, 0.3) is 11.1 Å². The summed E-state index contributed by atoms with van der Waals surface area (Å²) in [4.78, 5) is -0.762. The smallest absolute Gasteiger partial charge is 0.204 e. The van der Waals surface area contributed by atoms with E-state index in [4.69, 9.17) is 0 Å². The number of halogens is 9. The molecule has 0 saturated heterocycles. The fourth-order valence-electron chi connectivity index (χ4n) is 2.33. The molecule has 0 N–H and O–H groups in total. The molecule has 0 heterocycles. The van der Waals surface area contributed by atoms with Crippen LogP contribution in [0.1, 0.15) is 11.1 Å². The van der Waals surface area contributed by atoms with Gasteiger partial charge in [0.05, 0.1) is 0 Å². The van der Waals surface area contributed by atoms with Crippen LogP contribution in [0.5, 0.6) is 0 Å². The Labute approximate surface area is 152 Å². The van der Waals surface area contributed by atoms with Crippen molar-refractivity contribution in [3.05, 3.63) is 53.1 Å². The highest BCUT2D eigenvalue weighted by Gasteiger charge is 2.73. The summed E-state index contributed by atoms with van der Waals surface area (Å²) in [6.45, 7) is 2.60. The molecule has 0 aromatic heterocycles. The molecule has 0 unspecified atom stereocenters. The van der Waals surface area contributed by atoms with Crippen LogP contribution in [0.3, 0.4) is 0 Å². The lowest BCUT2D eigenvalue weighted by Gasteiger charge is -2.28. The van der Waals surface area contributed by atoms with Gasteiger partial charge in [0.15, 0.2) is 11.6 Å². The Kier molecular flexibility index (Phi) is 5.53. The van der Waals surface area contributed by atoms with Gasteiger partial charge in [-0.1, -0.05) is 12.1 Å². The third-order valence-electron chi connectivity index (χ3n) is 3.53. The lowest BCUT2D eigenvalue weighted by Crippen LogP contribution is -2.49. The SMILES string of the molecule is Cc1[c]c(C)c(-c2cccc(F)c2F)c(SC(F)(F)C(F)(F)C(F)(F)F)c1. The van der Waals surface area contributed by atoms with Crippen molar-refractivity contribution in [2.75, 3.05) is 0 Å². The molecule has 0 aliphatic rings. The van der Waals surface area contributed by atoms with Gasteiger partial charge in [-0.25, -0.2) is 8.78 Å². The molecule has 0 fully saturated rings. The van der Waals surface area contributed by atoms with E-state index in [1.807, 2.05) is 0 Å². The third-order valence-corrected chi connectivity index (χ3v) is 4.59. The molecule has 0 aliphatic heterocycles. The van der Waals surface area contributed by atoms with Crippen LogP contribution in [0, 0.1) is 31.5 Å². The summed E-state index contributed by atoms with van der Waals surface area (Å²) in [5, 5.41) is -5.59. The molecule has 0 amide bonds. The average Bonchev–Trinajstić information content (AvgIpc) is 2.49. The molecule has 0 nitrogen and oxygen atoms in total. The van der Waals surface area contributed by atoms with Gasteiger partial charge in [-0.15, -0.1) is 0 Å². The van der Waals surface area contributed by atoms with E-state index in [9.17, 15) is 39.5 Å². The topological polar surface area (TPSA) is 0 Å². The fraction of sp³-hybridized carbons (Fsp3) is 0.294. The summed E-state index contributed by atoms with van der Waals surface area (Å²) < 4.78 is 119. The minimum absolute atomic E-state index is 0.0203. The van der Waals surface area contributed by atoms with E-state index in [1.54, 1.807) is 0 Å². The van der Waals surface area contributed by atoms with Gasteiger partial charge in [0.2, 0.25) is 0 Å². The molecule has 2 rings (SSSR count). The molecule has 0 bridgehead atoms. The van der Waals surface area contributed by atoms with Gasteiger partial charge in [0, 0.05) is 16.0 Å². The highest BCUT2D eigenvalue weighted by atomic mass is 32.2.